The summed E-state index contributed by atoms with van der Waals surface area (Å²) < 4.78 is 12.9. The molecular formula is C17H21FN4O. The van der Waals surface area contributed by atoms with Gasteiger partial charge in [-0.05, 0) is 56.3 Å². The SMILES string of the molecule is CCN1CCC[C@H]1CNC(=O)c1cc(-c2ccc(F)cc2)n[nH]1. The molecule has 2 N–H and O–H groups in total. The van der Waals surface area contributed by atoms with Gasteiger partial charge < -0.3 is 5.32 Å². The van der Waals surface area contributed by atoms with E-state index in [1.54, 1.807) is 18.2 Å². The van der Waals surface area contributed by atoms with Gasteiger partial charge in [0.05, 0.1) is 5.69 Å². The fourth-order valence-electron chi connectivity index (χ4n) is 3.05. The van der Waals surface area contributed by atoms with Crippen LogP contribution in [0.4, 0.5) is 4.39 Å². The van der Waals surface area contributed by atoms with Crippen molar-refractivity contribution in [2.24, 2.45) is 0 Å². The summed E-state index contributed by atoms with van der Waals surface area (Å²) in [6.45, 7) is 4.91. The Morgan fingerprint density at radius 3 is 2.96 bits per heavy atom. The van der Waals surface area contributed by atoms with Crippen molar-refractivity contribution >= 4 is 5.91 Å². The number of rotatable bonds is 5. The monoisotopic (exact) mass is 316 g/mol. The fraction of sp³-hybridized carbons (Fsp3) is 0.412. The van der Waals surface area contributed by atoms with Crippen molar-refractivity contribution in [2.75, 3.05) is 19.6 Å². The average Bonchev–Trinajstić information content (AvgIpc) is 3.22. The first-order valence-electron chi connectivity index (χ1n) is 8.01. The van der Waals surface area contributed by atoms with Gasteiger partial charge in [-0.2, -0.15) is 5.10 Å². The van der Waals surface area contributed by atoms with Crippen molar-refractivity contribution in [3.63, 3.8) is 0 Å². The first-order chi connectivity index (χ1) is 11.2. The van der Waals surface area contributed by atoms with E-state index in [1.807, 2.05) is 0 Å². The fourth-order valence-corrected chi connectivity index (χ4v) is 3.05. The van der Waals surface area contributed by atoms with Gasteiger partial charge in [0.15, 0.2) is 0 Å². The summed E-state index contributed by atoms with van der Waals surface area (Å²) in [7, 11) is 0. The van der Waals surface area contributed by atoms with Crippen LogP contribution in [0.15, 0.2) is 30.3 Å². The Labute approximate surface area is 134 Å². The molecule has 3 rings (SSSR count). The lowest BCUT2D eigenvalue weighted by Crippen LogP contribution is -2.40. The molecule has 1 aliphatic heterocycles. The second-order valence-electron chi connectivity index (χ2n) is 5.81. The Kier molecular flexibility index (Phi) is 4.71. The average molecular weight is 316 g/mol. The smallest absolute Gasteiger partial charge is 0.269 e. The minimum Gasteiger partial charge on any atom is -0.349 e. The molecule has 0 bridgehead atoms. The van der Waals surface area contributed by atoms with Crippen molar-refractivity contribution in [3.05, 3.63) is 41.8 Å². The number of carbonyl (C=O) groups excluding carboxylic acids is 1. The Morgan fingerprint density at radius 2 is 2.22 bits per heavy atom. The third kappa shape index (κ3) is 3.59. The van der Waals surface area contributed by atoms with E-state index < -0.39 is 0 Å². The van der Waals surface area contributed by atoms with E-state index in [2.05, 4.69) is 27.3 Å². The molecule has 1 aromatic heterocycles. The summed E-state index contributed by atoms with van der Waals surface area (Å²) in [6, 6.07) is 8.15. The Morgan fingerprint density at radius 1 is 1.43 bits per heavy atom. The molecule has 23 heavy (non-hydrogen) atoms. The first-order valence-corrected chi connectivity index (χ1v) is 8.01. The number of nitrogens with one attached hydrogen (secondary N) is 2. The maximum absolute atomic E-state index is 12.9. The highest BCUT2D eigenvalue weighted by molar-refractivity contribution is 5.93. The highest BCUT2D eigenvalue weighted by Crippen LogP contribution is 2.18. The predicted molar refractivity (Wildman–Crippen MR) is 86.6 cm³/mol. The number of H-pyrrole nitrogens is 1. The highest BCUT2D eigenvalue weighted by atomic mass is 19.1. The van der Waals surface area contributed by atoms with Crippen molar-refractivity contribution in [1.82, 2.24) is 20.4 Å². The van der Waals surface area contributed by atoms with Crippen LogP contribution in [-0.4, -0.2) is 46.7 Å². The first kappa shape index (κ1) is 15.7. The van der Waals surface area contributed by atoms with Crippen LogP contribution in [0.3, 0.4) is 0 Å². The zero-order valence-electron chi connectivity index (χ0n) is 13.2. The molecule has 122 valence electrons. The topological polar surface area (TPSA) is 61.0 Å². The molecule has 1 aliphatic rings. The quantitative estimate of drug-likeness (QED) is 0.890. The molecule has 1 saturated heterocycles. The summed E-state index contributed by atoms with van der Waals surface area (Å²) in [5, 5.41) is 9.85. The largest absolute Gasteiger partial charge is 0.349 e. The van der Waals surface area contributed by atoms with Crippen molar-refractivity contribution < 1.29 is 9.18 Å². The van der Waals surface area contributed by atoms with Crippen LogP contribution in [0.25, 0.3) is 11.3 Å². The molecule has 2 aromatic rings. The van der Waals surface area contributed by atoms with Crippen LogP contribution >= 0.6 is 0 Å². The van der Waals surface area contributed by atoms with Crippen LogP contribution in [-0.2, 0) is 0 Å². The zero-order chi connectivity index (χ0) is 16.2. The third-order valence-corrected chi connectivity index (χ3v) is 4.37. The Bertz CT molecular complexity index is 667. The van der Waals surface area contributed by atoms with Gasteiger partial charge in [-0.3, -0.25) is 14.8 Å². The van der Waals surface area contributed by atoms with Crippen molar-refractivity contribution in [2.45, 2.75) is 25.8 Å². The summed E-state index contributed by atoms with van der Waals surface area (Å²) in [5.74, 6) is -0.451. The van der Waals surface area contributed by atoms with E-state index in [1.165, 1.54) is 18.6 Å². The van der Waals surface area contributed by atoms with Gasteiger partial charge in [-0.25, -0.2) is 4.39 Å². The lowest BCUT2D eigenvalue weighted by atomic mass is 10.1. The second-order valence-corrected chi connectivity index (χ2v) is 5.81. The maximum Gasteiger partial charge on any atom is 0.269 e. The van der Waals surface area contributed by atoms with Gasteiger partial charge in [0.25, 0.3) is 5.91 Å². The molecule has 6 heteroatoms. The molecule has 1 amide bonds. The highest BCUT2D eigenvalue weighted by Gasteiger charge is 2.23. The molecule has 0 aliphatic carbocycles. The minimum absolute atomic E-state index is 0.159. The Balaban J connectivity index is 1.61. The van der Waals surface area contributed by atoms with Gasteiger partial charge in [-0.15, -0.1) is 0 Å². The third-order valence-electron chi connectivity index (χ3n) is 4.37. The normalized spacial score (nSPS) is 18.3. The number of hydrogen-bond donors (Lipinski definition) is 2. The van der Waals surface area contributed by atoms with Crippen molar-refractivity contribution in [1.29, 1.82) is 0 Å². The number of carbonyl (C=O) groups is 1. The lowest BCUT2D eigenvalue weighted by molar-refractivity contribution is 0.0936. The van der Waals surface area contributed by atoms with E-state index in [-0.39, 0.29) is 11.7 Å². The number of benzene rings is 1. The predicted octanol–water partition coefficient (Wildman–Crippen LogP) is 2.43. The van der Waals surface area contributed by atoms with Crippen LogP contribution in [0.1, 0.15) is 30.3 Å². The van der Waals surface area contributed by atoms with Crippen molar-refractivity contribution in [3.8, 4) is 11.3 Å². The number of halogens is 1. The van der Waals surface area contributed by atoms with E-state index in [0.717, 1.165) is 25.1 Å². The number of likely N-dealkylation sites (tertiary alicyclic amines) is 1. The molecule has 0 spiro atoms. The van der Waals surface area contributed by atoms with Crippen LogP contribution in [0.2, 0.25) is 0 Å². The molecule has 0 unspecified atom stereocenters. The van der Waals surface area contributed by atoms with Crippen LogP contribution in [0.5, 0.6) is 0 Å². The molecule has 0 saturated carbocycles. The van der Waals surface area contributed by atoms with Gasteiger partial charge in [-0.1, -0.05) is 6.92 Å². The molecule has 1 atom stereocenters. The number of hydrogen-bond acceptors (Lipinski definition) is 3. The molecular weight excluding hydrogens is 295 g/mol. The molecule has 1 aromatic carbocycles. The Hall–Kier alpha value is -2.21. The number of amides is 1. The molecule has 5 nitrogen and oxygen atoms in total. The maximum atomic E-state index is 12.9. The van der Waals surface area contributed by atoms with Gasteiger partial charge >= 0.3 is 0 Å². The summed E-state index contributed by atoms with van der Waals surface area (Å²) in [5.41, 5.74) is 1.83. The number of aromatic amines is 1. The summed E-state index contributed by atoms with van der Waals surface area (Å²) in [4.78, 5) is 14.6. The summed E-state index contributed by atoms with van der Waals surface area (Å²) in [6.07, 6.45) is 2.31. The minimum atomic E-state index is -0.292. The van der Waals surface area contributed by atoms with E-state index in [9.17, 15) is 9.18 Å². The number of nitrogens with zero attached hydrogens (tertiary/aromatic N) is 2. The van der Waals surface area contributed by atoms with Gasteiger partial charge in [0.1, 0.15) is 11.5 Å². The van der Waals surface area contributed by atoms with Gasteiger partial charge in [0.2, 0.25) is 0 Å². The second kappa shape index (κ2) is 6.91. The van der Waals surface area contributed by atoms with E-state index >= 15 is 0 Å². The molecule has 0 radical (unpaired) electrons. The zero-order valence-corrected chi connectivity index (χ0v) is 13.2. The van der Waals surface area contributed by atoms with Gasteiger partial charge in [0, 0.05) is 18.2 Å². The van der Waals surface area contributed by atoms with Crippen LogP contribution < -0.4 is 5.32 Å². The van der Waals surface area contributed by atoms with E-state index in [0.29, 0.717) is 24.0 Å². The number of likely N-dealkylation sites (N-methyl/N-ethyl adjacent to an activating group) is 1. The summed E-state index contributed by atoms with van der Waals surface area (Å²) >= 11 is 0. The molecule has 1 fully saturated rings. The standard InChI is InChI=1S/C17H21FN4O/c1-2-22-9-3-4-14(22)11-19-17(23)16-10-15(20-21-16)12-5-7-13(18)8-6-12/h5-8,10,14H,2-4,9,11H2,1H3,(H,19,23)(H,20,21)/t14-/m0/s1. The van der Waals surface area contributed by atoms with Crippen LogP contribution in [0, 0.1) is 5.82 Å². The lowest BCUT2D eigenvalue weighted by Gasteiger charge is -2.22. The number of aromatic nitrogens is 2. The molecule has 2 heterocycles. The van der Waals surface area contributed by atoms with E-state index in [4.69, 9.17) is 0 Å².